The van der Waals surface area contributed by atoms with Gasteiger partial charge in [0, 0.05) is 16.8 Å². The number of alkyl halides is 3. The van der Waals surface area contributed by atoms with Crippen LogP contribution in [0.2, 0.25) is 15.1 Å². The predicted molar refractivity (Wildman–Crippen MR) is 103 cm³/mol. The topological polar surface area (TPSA) is 64.7 Å². The number of hydrogen-bond acceptors (Lipinski definition) is 3. The quantitative estimate of drug-likeness (QED) is 0.507. The summed E-state index contributed by atoms with van der Waals surface area (Å²) in [6.45, 7) is 0.700. The minimum atomic E-state index is -4.75. The number of halogens is 7. The van der Waals surface area contributed by atoms with Gasteiger partial charge < -0.3 is 5.32 Å². The Morgan fingerprint density at radius 2 is 1.87 bits per heavy atom. The Bertz CT molecular complexity index is 1090. The number of nitrogens with one attached hydrogen (secondary N) is 1. The van der Waals surface area contributed by atoms with Crippen molar-refractivity contribution in [2.45, 2.75) is 26.2 Å². The number of amides is 1. The number of anilines is 1. The highest BCUT2D eigenvalue weighted by Gasteiger charge is 2.38. The number of nitrogens with zero attached hydrogens (tertiary/aromatic N) is 4. The predicted octanol–water partition coefficient (Wildman–Crippen LogP) is 5.19. The lowest BCUT2D eigenvalue weighted by molar-refractivity contribution is -0.141. The van der Waals surface area contributed by atoms with Gasteiger partial charge in [-0.1, -0.05) is 40.9 Å². The summed E-state index contributed by atoms with van der Waals surface area (Å²) in [7, 11) is 0. The van der Waals surface area contributed by atoms with Crippen molar-refractivity contribution in [3.8, 4) is 0 Å². The summed E-state index contributed by atoms with van der Waals surface area (Å²) in [6, 6.07) is 4.21. The molecule has 1 N–H and O–H groups in total. The number of carbonyl (C=O) groups is 1. The van der Waals surface area contributed by atoms with E-state index in [1.165, 1.54) is 36.0 Å². The van der Waals surface area contributed by atoms with Gasteiger partial charge in [-0.3, -0.25) is 14.2 Å². The zero-order valence-corrected chi connectivity index (χ0v) is 17.3. The van der Waals surface area contributed by atoms with Crippen molar-refractivity contribution in [1.82, 2.24) is 19.6 Å². The summed E-state index contributed by atoms with van der Waals surface area (Å²) in [4.78, 5) is 12.2. The van der Waals surface area contributed by atoms with E-state index in [1.807, 2.05) is 0 Å². The summed E-state index contributed by atoms with van der Waals surface area (Å²) in [5.41, 5.74) is -1.12. The second-order valence-corrected chi connectivity index (χ2v) is 7.37. The third-order valence-corrected chi connectivity index (χ3v) is 5.14. The van der Waals surface area contributed by atoms with E-state index in [-0.39, 0.29) is 33.7 Å². The third kappa shape index (κ3) is 4.71. The number of aromatic nitrogens is 4. The van der Waals surface area contributed by atoms with Crippen LogP contribution in [0.3, 0.4) is 0 Å². The van der Waals surface area contributed by atoms with Crippen LogP contribution in [-0.2, 0) is 24.1 Å². The largest absolute Gasteiger partial charge is 0.436 e. The average molecular weight is 485 g/mol. The van der Waals surface area contributed by atoms with Crippen LogP contribution in [0.1, 0.15) is 17.0 Å². The molecule has 3 rings (SSSR count). The first-order valence-electron chi connectivity index (χ1n) is 8.23. The Balaban J connectivity index is 1.74. The molecule has 0 bridgehead atoms. The van der Waals surface area contributed by atoms with Crippen molar-refractivity contribution in [2.24, 2.45) is 0 Å². The van der Waals surface area contributed by atoms with Crippen molar-refractivity contribution in [2.75, 3.05) is 5.32 Å². The fourth-order valence-corrected chi connectivity index (χ4v) is 3.24. The van der Waals surface area contributed by atoms with Crippen LogP contribution in [0.5, 0.6) is 0 Å². The standard InChI is InChI=1S/C17H12Cl3F4N5O/c1-8-14(20)15(17(22,23)24)26-29(8)7-13(30)25-16-11(19)6-28(27-16)5-9-10(18)3-2-4-12(9)21/h2-4,6H,5,7H2,1H3,(H,25,27,30). The van der Waals surface area contributed by atoms with Crippen LogP contribution in [0.15, 0.2) is 24.4 Å². The molecule has 30 heavy (non-hydrogen) atoms. The van der Waals surface area contributed by atoms with Gasteiger partial charge in [0.2, 0.25) is 5.91 Å². The van der Waals surface area contributed by atoms with Crippen molar-refractivity contribution in [3.63, 3.8) is 0 Å². The first-order valence-corrected chi connectivity index (χ1v) is 9.36. The molecule has 2 aromatic heterocycles. The fourth-order valence-electron chi connectivity index (χ4n) is 2.58. The molecule has 0 radical (unpaired) electrons. The van der Waals surface area contributed by atoms with Gasteiger partial charge in [0.15, 0.2) is 11.5 Å². The summed E-state index contributed by atoms with van der Waals surface area (Å²) >= 11 is 17.7. The number of hydrogen-bond donors (Lipinski definition) is 1. The number of rotatable bonds is 5. The first kappa shape index (κ1) is 22.4. The zero-order chi connectivity index (χ0) is 22.2. The molecule has 1 aromatic carbocycles. The zero-order valence-electron chi connectivity index (χ0n) is 15.1. The van der Waals surface area contributed by atoms with Gasteiger partial charge in [0.25, 0.3) is 0 Å². The molecule has 6 nitrogen and oxygen atoms in total. The van der Waals surface area contributed by atoms with Crippen molar-refractivity contribution in [1.29, 1.82) is 0 Å². The second kappa shape index (κ2) is 8.44. The maximum atomic E-state index is 13.9. The molecule has 160 valence electrons. The van der Waals surface area contributed by atoms with Gasteiger partial charge in [-0.25, -0.2) is 4.39 Å². The molecule has 0 aliphatic heterocycles. The average Bonchev–Trinajstić information content (AvgIpc) is 3.12. The fraction of sp³-hybridized carbons (Fsp3) is 0.235. The molecule has 0 spiro atoms. The summed E-state index contributed by atoms with van der Waals surface area (Å²) in [5, 5.41) is 9.42. The second-order valence-electron chi connectivity index (χ2n) is 6.18. The lowest BCUT2D eigenvalue weighted by atomic mass is 10.2. The molecular formula is C17H12Cl3F4N5O. The Morgan fingerprint density at radius 1 is 1.17 bits per heavy atom. The van der Waals surface area contributed by atoms with E-state index in [0.29, 0.717) is 0 Å². The minimum absolute atomic E-state index is 0.0232. The van der Waals surface area contributed by atoms with Crippen molar-refractivity contribution >= 4 is 46.5 Å². The maximum absolute atomic E-state index is 13.9. The van der Waals surface area contributed by atoms with E-state index in [2.05, 4.69) is 15.5 Å². The molecule has 0 saturated carbocycles. The molecule has 0 aliphatic carbocycles. The van der Waals surface area contributed by atoms with E-state index in [1.54, 1.807) is 0 Å². The molecule has 0 saturated heterocycles. The molecule has 3 aromatic rings. The van der Waals surface area contributed by atoms with Gasteiger partial charge in [0.05, 0.1) is 17.3 Å². The highest BCUT2D eigenvalue weighted by atomic mass is 35.5. The molecule has 0 aliphatic rings. The summed E-state index contributed by atoms with van der Waals surface area (Å²) in [5.74, 6) is -1.32. The van der Waals surface area contributed by atoms with Crippen LogP contribution < -0.4 is 5.32 Å². The Labute approximate surface area is 182 Å². The van der Waals surface area contributed by atoms with Gasteiger partial charge in [-0.05, 0) is 19.1 Å². The Kier molecular flexibility index (Phi) is 6.30. The van der Waals surface area contributed by atoms with Crippen molar-refractivity contribution < 1.29 is 22.4 Å². The summed E-state index contributed by atoms with van der Waals surface area (Å²) < 4.78 is 54.7. The number of benzene rings is 1. The van der Waals surface area contributed by atoms with Gasteiger partial charge in [0.1, 0.15) is 17.4 Å². The monoisotopic (exact) mass is 483 g/mol. The highest BCUT2D eigenvalue weighted by molar-refractivity contribution is 6.33. The van der Waals surface area contributed by atoms with Crippen LogP contribution >= 0.6 is 34.8 Å². The molecule has 1 amide bonds. The Hall–Kier alpha value is -2.30. The third-order valence-electron chi connectivity index (χ3n) is 4.05. The normalized spacial score (nSPS) is 11.7. The van der Waals surface area contributed by atoms with Crippen LogP contribution in [-0.4, -0.2) is 25.5 Å². The van der Waals surface area contributed by atoms with Gasteiger partial charge >= 0.3 is 6.18 Å². The SMILES string of the molecule is Cc1c(Cl)c(C(F)(F)F)nn1CC(=O)Nc1nn(Cc2c(F)cccc2Cl)cc1Cl. The Morgan fingerprint density at radius 3 is 2.47 bits per heavy atom. The van der Waals surface area contributed by atoms with E-state index in [9.17, 15) is 22.4 Å². The van der Waals surface area contributed by atoms with Crippen molar-refractivity contribution in [3.05, 3.63) is 62.2 Å². The van der Waals surface area contributed by atoms with Crippen LogP contribution in [0.4, 0.5) is 23.4 Å². The van der Waals surface area contributed by atoms with E-state index in [4.69, 9.17) is 34.8 Å². The van der Waals surface area contributed by atoms with E-state index < -0.39 is 35.2 Å². The molecule has 2 heterocycles. The molecule has 0 fully saturated rings. The molecule has 13 heteroatoms. The first-order chi connectivity index (χ1) is 14.0. The summed E-state index contributed by atoms with van der Waals surface area (Å²) in [6.07, 6.45) is -3.41. The van der Waals surface area contributed by atoms with E-state index >= 15 is 0 Å². The van der Waals surface area contributed by atoms with Crippen LogP contribution in [0.25, 0.3) is 0 Å². The van der Waals surface area contributed by atoms with Gasteiger partial charge in [-0.2, -0.15) is 23.4 Å². The van der Waals surface area contributed by atoms with Gasteiger partial charge in [-0.15, -0.1) is 0 Å². The number of carbonyl (C=O) groups excluding carboxylic acids is 1. The molecular weight excluding hydrogens is 473 g/mol. The smallest absolute Gasteiger partial charge is 0.306 e. The lowest BCUT2D eigenvalue weighted by Crippen LogP contribution is -2.21. The highest BCUT2D eigenvalue weighted by Crippen LogP contribution is 2.35. The molecule has 0 unspecified atom stereocenters. The maximum Gasteiger partial charge on any atom is 0.436 e. The lowest BCUT2D eigenvalue weighted by Gasteiger charge is -2.06. The minimum Gasteiger partial charge on any atom is -0.306 e. The van der Waals surface area contributed by atoms with Crippen LogP contribution in [0, 0.1) is 12.7 Å². The molecule has 0 atom stereocenters. The van der Waals surface area contributed by atoms with E-state index in [0.717, 1.165) is 4.68 Å².